The van der Waals surface area contributed by atoms with Gasteiger partial charge < -0.3 is 10.1 Å². The number of rotatable bonds is 3. The highest BCUT2D eigenvalue weighted by Gasteiger charge is 2.17. The van der Waals surface area contributed by atoms with Crippen LogP contribution in [0.3, 0.4) is 0 Å². The fourth-order valence-electron chi connectivity index (χ4n) is 1.61. The van der Waals surface area contributed by atoms with Crippen molar-refractivity contribution >= 4 is 29.1 Å². The van der Waals surface area contributed by atoms with E-state index in [-0.39, 0.29) is 5.97 Å². The van der Waals surface area contributed by atoms with Gasteiger partial charge >= 0.3 is 5.97 Å². The monoisotopic (exact) mass is 305 g/mol. The van der Waals surface area contributed by atoms with Crippen molar-refractivity contribution in [1.82, 2.24) is 9.97 Å². The smallest absolute Gasteiger partial charge is 0.338 e. The second-order valence-electron chi connectivity index (χ2n) is 5.43. The summed E-state index contributed by atoms with van der Waals surface area (Å²) < 4.78 is 5.33. The van der Waals surface area contributed by atoms with Crippen LogP contribution in [0.1, 0.15) is 31.1 Å². The van der Waals surface area contributed by atoms with Gasteiger partial charge in [-0.05, 0) is 39.0 Å². The van der Waals surface area contributed by atoms with Crippen LogP contribution in [0.15, 0.2) is 36.7 Å². The minimum atomic E-state index is -0.527. The van der Waals surface area contributed by atoms with Crippen LogP contribution in [0.4, 0.5) is 11.5 Å². The molecule has 6 heteroatoms. The summed E-state index contributed by atoms with van der Waals surface area (Å²) in [5.41, 5.74) is 0.656. The summed E-state index contributed by atoms with van der Waals surface area (Å²) in [6.45, 7) is 5.49. The molecule has 0 radical (unpaired) electrons. The Kier molecular flexibility index (Phi) is 4.43. The third-order valence-electron chi connectivity index (χ3n) is 2.40. The first-order valence-electron chi connectivity index (χ1n) is 6.41. The Bertz CT molecular complexity index is 653. The third kappa shape index (κ3) is 4.72. The SMILES string of the molecule is CC(C)(C)OC(=O)c1cccc(Nc2cc(Cl)ncn2)c1. The van der Waals surface area contributed by atoms with Gasteiger partial charge in [-0.3, -0.25) is 0 Å². The van der Waals surface area contributed by atoms with E-state index in [0.29, 0.717) is 22.2 Å². The Morgan fingerprint density at radius 2 is 2.00 bits per heavy atom. The maximum absolute atomic E-state index is 12.0. The number of halogens is 1. The fourth-order valence-corrected chi connectivity index (χ4v) is 1.76. The van der Waals surface area contributed by atoms with Crippen LogP contribution in [0.2, 0.25) is 5.15 Å². The van der Waals surface area contributed by atoms with E-state index in [4.69, 9.17) is 16.3 Å². The number of ether oxygens (including phenoxy) is 1. The predicted molar refractivity (Wildman–Crippen MR) is 81.9 cm³/mol. The normalized spacial score (nSPS) is 11.0. The number of carbonyl (C=O) groups excluding carboxylic acids is 1. The molecule has 1 heterocycles. The molecule has 2 aromatic rings. The van der Waals surface area contributed by atoms with Crippen molar-refractivity contribution in [3.05, 3.63) is 47.4 Å². The average molecular weight is 306 g/mol. The zero-order valence-electron chi connectivity index (χ0n) is 12.1. The molecule has 0 aliphatic rings. The summed E-state index contributed by atoms with van der Waals surface area (Å²) in [6, 6.07) is 8.59. The number of esters is 1. The van der Waals surface area contributed by atoms with Crippen molar-refractivity contribution in [2.45, 2.75) is 26.4 Å². The largest absolute Gasteiger partial charge is 0.456 e. The first-order chi connectivity index (χ1) is 9.83. The molecule has 1 N–H and O–H groups in total. The van der Waals surface area contributed by atoms with Crippen molar-refractivity contribution in [2.24, 2.45) is 0 Å². The van der Waals surface area contributed by atoms with E-state index in [2.05, 4.69) is 15.3 Å². The number of carbonyl (C=O) groups is 1. The van der Waals surface area contributed by atoms with Gasteiger partial charge in [0.2, 0.25) is 0 Å². The summed E-state index contributed by atoms with van der Waals surface area (Å²) >= 11 is 5.80. The van der Waals surface area contributed by atoms with Gasteiger partial charge in [0.05, 0.1) is 5.56 Å². The second kappa shape index (κ2) is 6.10. The molecule has 0 saturated heterocycles. The first-order valence-corrected chi connectivity index (χ1v) is 6.79. The highest BCUT2D eigenvalue weighted by atomic mass is 35.5. The third-order valence-corrected chi connectivity index (χ3v) is 2.61. The van der Waals surface area contributed by atoms with Crippen molar-refractivity contribution in [2.75, 3.05) is 5.32 Å². The lowest BCUT2D eigenvalue weighted by atomic mass is 10.1. The number of hydrogen-bond donors (Lipinski definition) is 1. The Morgan fingerprint density at radius 3 is 2.67 bits per heavy atom. The van der Waals surface area contributed by atoms with Gasteiger partial charge in [-0.25, -0.2) is 14.8 Å². The molecular weight excluding hydrogens is 290 g/mol. The zero-order chi connectivity index (χ0) is 15.5. The standard InChI is InChI=1S/C15H16ClN3O2/c1-15(2,3)21-14(20)10-5-4-6-11(7-10)19-13-8-12(16)17-9-18-13/h4-9H,1-3H3,(H,17,18,19). The van der Waals surface area contributed by atoms with Crippen LogP contribution in [-0.4, -0.2) is 21.5 Å². The van der Waals surface area contributed by atoms with Gasteiger partial charge in [-0.15, -0.1) is 0 Å². The highest BCUT2D eigenvalue weighted by molar-refractivity contribution is 6.29. The lowest BCUT2D eigenvalue weighted by molar-refractivity contribution is 0.00696. The lowest BCUT2D eigenvalue weighted by Crippen LogP contribution is -2.23. The molecule has 110 valence electrons. The minimum absolute atomic E-state index is 0.343. The average Bonchev–Trinajstić information content (AvgIpc) is 2.37. The Morgan fingerprint density at radius 1 is 1.24 bits per heavy atom. The molecular formula is C15H16ClN3O2. The predicted octanol–water partition coefficient (Wildman–Crippen LogP) is 3.83. The molecule has 1 aromatic carbocycles. The van der Waals surface area contributed by atoms with E-state index in [0.717, 1.165) is 0 Å². The van der Waals surface area contributed by atoms with E-state index in [1.165, 1.54) is 6.33 Å². The topological polar surface area (TPSA) is 64.1 Å². The van der Waals surface area contributed by atoms with Gasteiger partial charge in [0.1, 0.15) is 22.9 Å². The van der Waals surface area contributed by atoms with Crippen molar-refractivity contribution in [3.63, 3.8) is 0 Å². The van der Waals surface area contributed by atoms with E-state index in [1.54, 1.807) is 24.3 Å². The molecule has 0 saturated carbocycles. The summed E-state index contributed by atoms with van der Waals surface area (Å²) in [4.78, 5) is 19.9. The molecule has 0 fully saturated rings. The van der Waals surface area contributed by atoms with Gasteiger partial charge in [0, 0.05) is 11.8 Å². The van der Waals surface area contributed by atoms with Gasteiger partial charge in [-0.1, -0.05) is 17.7 Å². The number of anilines is 2. The van der Waals surface area contributed by atoms with Crippen LogP contribution in [0, 0.1) is 0 Å². The number of aromatic nitrogens is 2. The van der Waals surface area contributed by atoms with Gasteiger partial charge in [0.25, 0.3) is 0 Å². The van der Waals surface area contributed by atoms with Crippen molar-refractivity contribution in [3.8, 4) is 0 Å². The fraction of sp³-hybridized carbons (Fsp3) is 0.267. The van der Waals surface area contributed by atoms with E-state index < -0.39 is 5.60 Å². The molecule has 0 aliphatic heterocycles. The summed E-state index contributed by atoms with van der Waals surface area (Å²) in [7, 11) is 0. The maximum Gasteiger partial charge on any atom is 0.338 e. The molecule has 0 aliphatic carbocycles. The first kappa shape index (κ1) is 15.3. The number of benzene rings is 1. The quantitative estimate of drug-likeness (QED) is 0.689. The zero-order valence-corrected chi connectivity index (χ0v) is 12.8. The van der Waals surface area contributed by atoms with Gasteiger partial charge in [0.15, 0.2) is 0 Å². The molecule has 21 heavy (non-hydrogen) atoms. The van der Waals surface area contributed by atoms with E-state index in [1.807, 2.05) is 26.8 Å². The van der Waals surface area contributed by atoms with Crippen molar-refractivity contribution in [1.29, 1.82) is 0 Å². The number of hydrogen-bond acceptors (Lipinski definition) is 5. The molecule has 0 spiro atoms. The van der Waals surface area contributed by atoms with Crippen LogP contribution in [0.5, 0.6) is 0 Å². The summed E-state index contributed by atoms with van der Waals surface area (Å²) in [5, 5.41) is 3.40. The molecule has 0 unspecified atom stereocenters. The molecule has 5 nitrogen and oxygen atoms in total. The Hall–Kier alpha value is -2.14. The Labute approximate surface area is 128 Å². The highest BCUT2D eigenvalue weighted by Crippen LogP contribution is 2.19. The van der Waals surface area contributed by atoms with Crippen LogP contribution in [0.25, 0.3) is 0 Å². The van der Waals surface area contributed by atoms with Crippen LogP contribution >= 0.6 is 11.6 Å². The number of nitrogens with one attached hydrogen (secondary N) is 1. The maximum atomic E-state index is 12.0. The second-order valence-corrected chi connectivity index (χ2v) is 5.82. The Balaban J connectivity index is 2.16. The van der Waals surface area contributed by atoms with Crippen molar-refractivity contribution < 1.29 is 9.53 Å². The number of nitrogens with zero attached hydrogens (tertiary/aromatic N) is 2. The molecule has 1 aromatic heterocycles. The molecule has 0 atom stereocenters. The van der Waals surface area contributed by atoms with Crippen LogP contribution < -0.4 is 5.32 Å². The lowest BCUT2D eigenvalue weighted by Gasteiger charge is -2.19. The molecule has 0 bridgehead atoms. The minimum Gasteiger partial charge on any atom is -0.456 e. The van der Waals surface area contributed by atoms with Crippen LogP contribution in [-0.2, 0) is 4.74 Å². The van der Waals surface area contributed by atoms with Gasteiger partial charge in [-0.2, -0.15) is 0 Å². The molecule has 0 amide bonds. The summed E-state index contributed by atoms with van der Waals surface area (Å²) in [5.74, 6) is 0.184. The summed E-state index contributed by atoms with van der Waals surface area (Å²) in [6.07, 6.45) is 1.36. The van der Waals surface area contributed by atoms with E-state index >= 15 is 0 Å². The van der Waals surface area contributed by atoms with E-state index in [9.17, 15) is 4.79 Å². The molecule has 2 rings (SSSR count).